The molecule has 0 radical (unpaired) electrons. The first-order chi connectivity index (χ1) is 15.5. The Morgan fingerprint density at radius 2 is 1.64 bits per heavy atom. The maximum Gasteiger partial charge on any atom is 0.319 e. The lowest BCUT2D eigenvalue weighted by molar-refractivity contribution is 0.246. The number of nitrogens with one attached hydrogen (secondary N) is 3. The fourth-order valence-electron chi connectivity index (χ4n) is 4.10. The fraction of sp³-hybridized carbons (Fsp3) is 0.458. The van der Waals surface area contributed by atoms with Crippen molar-refractivity contribution in [3.63, 3.8) is 0 Å². The van der Waals surface area contributed by atoms with Crippen LogP contribution in [-0.4, -0.2) is 46.0 Å². The Balaban J connectivity index is 0.00000385. The predicted molar refractivity (Wildman–Crippen MR) is 135 cm³/mol. The van der Waals surface area contributed by atoms with Crippen molar-refractivity contribution in [3.05, 3.63) is 47.0 Å². The maximum atomic E-state index is 12.6. The molecule has 182 valence electrons. The number of hydrogen-bond donors (Lipinski definition) is 3. The van der Waals surface area contributed by atoms with E-state index in [1.54, 1.807) is 33.5 Å². The molecule has 2 aromatic carbocycles. The van der Waals surface area contributed by atoms with E-state index in [0.29, 0.717) is 22.9 Å². The van der Waals surface area contributed by atoms with Crippen LogP contribution in [-0.2, 0) is 6.42 Å². The van der Waals surface area contributed by atoms with E-state index in [2.05, 4.69) is 28.1 Å². The summed E-state index contributed by atoms with van der Waals surface area (Å²) >= 11 is 5.94. The second kappa shape index (κ2) is 13.4. The van der Waals surface area contributed by atoms with Crippen molar-refractivity contribution in [2.45, 2.75) is 44.2 Å². The minimum absolute atomic E-state index is 0. The molecule has 3 rings (SSSR count). The minimum atomic E-state index is -0.251. The van der Waals surface area contributed by atoms with Crippen LogP contribution in [0.15, 0.2) is 36.4 Å². The first kappa shape index (κ1) is 26.9. The maximum absolute atomic E-state index is 12.6. The number of methoxy groups -OCH3 is 3. The van der Waals surface area contributed by atoms with Gasteiger partial charge in [0.2, 0.25) is 5.75 Å². The van der Waals surface area contributed by atoms with Gasteiger partial charge in [0, 0.05) is 29.2 Å². The third-order valence-electron chi connectivity index (χ3n) is 5.72. The average molecular weight is 498 g/mol. The van der Waals surface area contributed by atoms with Crippen molar-refractivity contribution in [2.24, 2.45) is 0 Å². The number of rotatable bonds is 10. The number of urea groups is 1. The summed E-state index contributed by atoms with van der Waals surface area (Å²) in [5.41, 5.74) is 1.85. The third-order valence-corrected chi connectivity index (χ3v) is 5.97. The van der Waals surface area contributed by atoms with E-state index in [1.807, 2.05) is 12.1 Å². The number of anilines is 1. The van der Waals surface area contributed by atoms with E-state index in [0.717, 1.165) is 43.7 Å². The molecule has 2 atom stereocenters. The van der Waals surface area contributed by atoms with Crippen LogP contribution < -0.4 is 30.2 Å². The molecular formula is C24H33Cl2N3O4. The lowest BCUT2D eigenvalue weighted by atomic mass is 10.1. The zero-order valence-electron chi connectivity index (χ0n) is 19.3. The van der Waals surface area contributed by atoms with Crippen molar-refractivity contribution in [3.8, 4) is 17.2 Å². The highest BCUT2D eigenvalue weighted by atomic mass is 35.5. The van der Waals surface area contributed by atoms with Gasteiger partial charge in [-0.3, -0.25) is 0 Å². The standard InChI is InChI=1S/C24H32ClN3O4.ClH/c1-30-21-14-18(15-22(31-2)23(21)32-3)27-24(29)28-20-8-4-7-19(20)26-13-5-6-16-9-11-17(25)12-10-16;/h9-12,14-15,19-20,26H,4-8,13H2,1-3H3,(H2,27,28,29);1H/t19-,20-;/m1./s1. The Labute approximate surface area is 206 Å². The summed E-state index contributed by atoms with van der Waals surface area (Å²) in [6, 6.07) is 11.5. The van der Waals surface area contributed by atoms with Gasteiger partial charge < -0.3 is 30.2 Å². The van der Waals surface area contributed by atoms with E-state index >= 15 is 0 Å². The van der Waals surface area contributed by atoms with Crippen LogP contribution in [0.2, 0.25) is 5.02 Å². The quantitative estimate of drug-likeness (QED) is 0.400. The molecule has 0 saturated heterocycles. The van der Waals surface area contributed by atoms with E-state index in [9.17, 15) is 4.79 Å². The highest BCUT2D eigenvalue weighted by molar-refractivity contribution is 6.30. The van der Waals surface area contributed by atoms with Gasteiger partial charge >= 0.3 is 6.03 Å². The number of carbonyl (C=O) groups excluding carboxylic acids is 1. The van der Waals surface area contributed by atoms with Crippen LogP contribution >= 0.6 is 24.0 Å². The van der Waals surface area contributed by atoms with Gasteiger partial charge in [-0.1, -0.05) is 23.7 Å². The summed E-state index contributed by atoms with van der Waals surface area (Å²) < 4.78 is 16.0. The first-order valence-corrected chi connectivity index (χ1v) is 11.3. The molecule has 3 N–H and O–H groups in total. The van der Waals surface area contributed by atoms with E-state index in [1.165, 1.54) is 5.56 Å². The molecule has 1 fully saturated rings. The zero-order valence-corrected chi connectivity index (χ0v) is 20.9. The second-order valence-electron chi connectivity index (χ2n) is 7.84. The van der Waals surface area contributed by atoms with Crippen LogP contribution in [0.25, 0.3) is 0 Å². The van der Waals surface area contributed by atoms with Gasteiger partial charge in [0.15, 0.2) is 11.5 Å². The van der Waals surface area contributed by atoms with Gasteiger partial charge in [-0.15, -0.1) is 12.4 Å². The van der Waals surface area contributed by atoms with Gasteiger partial charge in [0.1, 0.15) is 0 Å². The van der Waals surface area contributed by atoms with Crippen molar-refractivity contribution in [2.75, 3.05) is 33.2 Å². The lowest BCUT2D eigenvalue weighted by Crippen LogP contribution is -2.48. The highest BCUT2D eigenvalue weighted by Gasteiger charge is 2.28. The van der Waals surface area contributed by atoms with Gasteiger partial charge in [-0.25, -0.2) is 4.79 Å². The van der Waals surface area contributed by atoms with Gasteiger partial charge in [-0.2, -0.15) is 0 Å². The Hall–Kier alpha value is -2.35. The highest BCUT2D eigenvalue weighted by Crippen LogP contribution is 2.39. The van der Waals surface area contributed by atoms with Gasteiger partial charge in [0.25, 0.3) is 0 Å². The van der Waals surface area contributed by atoms with Crippen LogP contribution in [0.5, 0.6) is 17.2 Å². The molecule has 9 heteroatoms. The van der Waals surface area contributed by atoms with Crippen molar-refractivity contribution < 1.29 is 19.0 Å². The van der Waals surface area contributed by atoms with Crippen LogP contribution in [0.4, 0.5) is 10.5 Å². The van der Waals surface area contributed by atoms with Crippen molar-refractivity contribution in [1.82, 2.24) is 10.6 Å². The summed E-state index contributed by atoms with van der Waals surface area (Å²) in [4.78, 5) is 12.6. The summed E-state index contributed by atoms with van der Waals surface area (Å²) in [5.74, 6) is 1.46. The second-order valence-corrected chi connectivity index (χ2v) is 8.28. The zero-order chi connectivity index (χ0) is 22.9. The molecule has 0 aliphatic heterocycles. The van der Waals surface area contributed by atoms with Crippen molar-refractivity contribution >= 4 is 35.7 Å². The first-order valence-electron chi connectivity index (χ1n) is 10.9. The molecule has 1 saturated carbocycles. The topological polar surface area (TPSA) is 80.9 Å². The molecule has 0 unspecified atom stereocenters. The van der Waals surface area contributed by atoms with Crippen LogP contribution in [0.1, 0.15) is 31.2 Å². The summed E-state index contributed by atoms with van der Waals surface area (Å²) in [5, 5.41) is 10.4. The number of halogens is 2. The molecule has 0 bridgehead atoms. The molecule has 2 amide bonds. The van der Waals surface area contributed by atoms with Gasteiger partial charge in [-0.05, 0) is 56.3 Å². The van der Waals surface area contributed by atoms with Gasteiger partial charge in [0.05, 0.1) is 27.0 Å². The molecule has 33 heavy (non-hydrogen) atoms. The largest absolute Gasteiger partial charge is 0.493 e. The Morgan fingerprint density at radius 1 is 1.00 bits per heavy atom. The number of hydrogen-bond acceptors (Lipinski definition) is 5. The fourth-order valence-corrected chi connectivity index (χ4v) is 4.22. The van der Waals surface area contributed by atoms with Crippen LogP contribution in [0.3, 0.4) is 0 Å². The van der Waals surface area contributed by atoms with Crippen LogP contribution in [0, 0.1) is 0 Å². The van der Waals surface area contributed by atoms with E-state index < -0.39 is 0 Å². The van der Waals surface area contributed by atoms with E-state index in [-0.39, 0.29) is 30.5 Å². The Bertz CT molecular complexity index is 871. The molecular weight excluding hydrogens is 465 g/mol. The SMILES string of the molecule is COc1cc(NC(=O)N[C@@H]2CCC[C@H]2NCCCc2ccc(Cl)cc2)cc(OC)c1OC.Cl. The molecule has 1 aliphatic rings. The number of carbonyl (C=O) groups is 1. The number of benzene rings is 2. The molecule has 0 heterocycles. The average Bonchev–Trinajstić information content (AvgIpc) is 3.23. The molecule has 0 aromatic heterocycles. The minimum Gasteiger partial charge on any atom is -0.493 e. The summed E-state index contributed by atoms with van der Waals surface area (Å²) in [6.07, 6.45) is 5.12. The molecule has 7 nitrogen and oxygen atoms in total. The van der Waals surface area contributed by atoms with Crippen molar-refractivity contribution in [1.29, 1.82) is 0 Å². The normalized spacial score (nSPS) is 17.1. The number of aryl methyl sites for hydroxylation is 1. The number of ether oxygens (including phenoxy) is 3. The smallest absolute Gasteiger partial charge is 0.319 e. The lowest BCUT2D eigenvalue weighted by Gasteiger charge is -2.23. The molecule has 2 aromatic rings. The molecule has 0 spiro atoms. The van der Waals surface area contributed by atoms with E-state index in [4.69, 9.17) is 25.8 Å². The third kappa shape index (κ3) is 7.59. The monoisotopic (exact) mass is 497 g/mol. The summed E-state index contributed by atoms with van der Waals surface area (Å²) in [7, 11) is 4.63. The predicted octanol–water partition coefficient (Wildman–Crippen LogP) is 5.05. The number of amides is 2. The Kier molecular flexibility index (Phi) is 10.9. The molecule has 1 aliphatic carbocycles. The summed E-state index contributed by atoms with van der Waals surface area (Å²) in [6.45, 7) is 0.903. The Morgan fingerprint density at radius 3 is 2.24 bits per heavy atom.